The summed E-state index contributed by atoms with van der Waals surface area (Å²) in [7, 11) is 1.91. The molecule has 27 heavy (non-hydrogen) atoms. The molecule has 5 N–H and O–H groups in total. The van der Waals surface area contributed by atoms with Crippen LogP contribution < -0.4 is 5.32 Å². The highest BCUT2D eigenvalue weighted by Crippen LogP contribution is 2.30. The van der Waals surface area contributed by atoms with Crippen LogP contribution in [0, 0.1) is 5.92 Å². The summed E-state index contributed by atoms with van der Waals surface area (Å²) in [6, 6.07) is -1.20. The Hall–Kier alpha value is -0.420. The number of likely N-dealkylation sites (tertiary alicyclic amines) is 1. The first-order chi connectivity index (χ1) is 12.7. The van der Waals surface area contributed by atoms with Crippen LogP contribution in [-0.2, 0) is 9.53 Å². The summed E-state index contributed by atoms with van der Waals surface area (Å²) in [5.41, 5.74) is -0.755. The van der Waals surface area contributed by atoms with Gasteiger partial charge in [0.1, 0.15) is 29.9 Å². The van der Waals surface area contributed by atoms with E-state index in [4.69, 9.17) is 4.74 Å². The van der Waals surface area contributed by atoms with E-state index in [1.165, 1.54) is 18.7 Å². The van der Waals surface area contributed by atoms with E-state index in [0.29, 0.717) is 5.92 Å². The van der Waals surface area contributed by atoms with Gasteiger partial charge in [-0.2, -0.15) is 0 Å². The number of nitrogens with zero attached hydrogens (tertiary/aromatic N) is 1. The maximum Gasteiger partial charge on any atom is 0.237 e. The summed E-state index contributed by atoms with van der Waals surface area (Å²) >= 11 is 1.20. The minimum absolute atomic E-state index is 0.223. The number of ether oxygens (including phenoxy) is 1. The highest BCUT2D eigenvalue weighted by molar-refractivity contribution is 7.99. The zero-order valence-electron chi connectivity index (χ0n) is 16.5. The Morgan fingerprint density at radius 3 is 2.52 bits per heavy atom. The molecule has 0 aliphatic carbocycles. The summed E-state index contributed by atoms with van der Waals surface area (Å²) in [6.07, 6.45) is -1.50. The van der Waals surface area contributed by atoms with Crippen molar-refractivity contribution in [2.75, 3.05) is 19.8 Å². The minimum atomic E-state index is -1.42. The lowest BCUT2D eigenvalue weighted by atomic mass is 9.92. The van der Waals surface area contributed by atoms with Crippen LogP contribution in [0.2, 0.25) is 0 Å². The van der Waals surface area contributed by atoms with Gasteiger partial charge < -0.3 is 30.5 Å². The fourth-order valence-electron chi connectivity index (χ4n) is 4.13. The number of carbonyl (C=O) groups is 1. The van der Waals surface area contributed by atoms with Crippen LogP contribution in [0.3, 0.4) is 0 Å². The fourth-order valence-corrected chi connectivity index (χ4v) is 4.81. The number of thioether (sulfide) groups is 1. The molecule has 0 radical (unpaired) electrons. The fraction of sp³-hybridized carbons (Fsp3) is 0.944. The number of aliphatic hydroxyl groups excluding tert-OH is 4. The van der Waals surface area contributed by atoms with Gasteiger partial charge in [0.05, 0.1) is 18.2 Å². The molecular weight excluding hydrogens is 372 g/mol. The lowest BCUT2D eigenvalue weighted by Crippen LogP contribution is -2.65. The molecule has 8 nitrogen and oxygen atoms in total. The monoisotopic (exact) mass is 406 g/mol. The second-order valence-corrected chi connectivity index (χ2v) is 8.73. The zero-order chi connectivity index (χ0) is 20.3. The van der Waals surface area contributed by atoms with E-state index in [-0.39, 0.29) is 11.9 Å². The molecule has 2 fully saturated rings. The lowest BCUT2D eigenvalue weighted by Gasteiger charge is -2.44. The third-order valence-electron chi connectivity index (χ3n) is 5.66. The van der Waals surface area contributed by atoms with Gasteiger partial charge in [0.15, 0.2) is 0 Å². The Morgan fingerprint density at radius 1 is 1.30 bits per heavy atom. The zero-order valence-corrected chi connectivity index (χ0v) is 17.3. The molecule has 2 saturated heterocycles. The van der Waals surface area contributed by atoms with Crippen LogP contribution in [0.25, 0.3) is 0 Å². The molecule has 0 saturated carbocycles. The molecule has 2 aliphatic rings. The Labute approximate surface area is 165 Å². The molecule has 0 aromatic heterocycles. The molecule has 0 unspecified atom stereocenters. The smallest absolute Gasteiger partial charge is 0.237 e. The van der Waals surface area contributed by atoms with Crippen LogP contribution in [-0.4, -0.2) is 99.1 Å². The van der Waals surface area contributed by atoms with Gasteiger partial charge in [0, 0.05) is 6.54 Å². The Bertz CT molecular complexity index is 494. The number of nitrogens with one attached hydrogen (secondary N) is 1. The van der Waals surface area contributed by atoms with Crippen molar-refractivity contribution in [1.29, 1.82) is 0 Å². The van der Waals surface area contributed by atoms with E-state index >= 15 is 0 Å². The Kier molecular flexibility index (Phi) is 8.35. The predicted octanol–water partition coefficient (Wildman–Crippen LogP) is -0.857. The molecule has 0 bridgehead atoms. The van der Waals surface area contributed by atoms with Crippen LogP contribution in [0.5, 0.6) is 0 Å². The highest BCUT2D eigenvalue weighted by atomic mass is 32.2. The molecule has 2 rings (SSSR count). The van der Waals surface area contributed by atoms with Crippen LogP contribution in [0.4, 0.5) is 0 Å². The second kappa shape index (κ2) is 9.87. The predicted molar refractivity (Wildman–Crippen MR) is 103 cm³/mol. The second-order valence-electron chi connectivity index (χ2n) is 7.80. The Balaban J connectivity index is 2.09. The number of likely N-dealkylation sites (N-methyl/N-ethyl adjacent to an activating group) is 1. The largest absolute Gasteiger partial charge is 0.391 e. The Morgan fingerprint density at radius 2 is 1.96 bits per heavy atom. The first-order valence-electron chi connectivity index (χ1n) is 9.62. The van der Waals surface area contributed by atoms with E-state index in [9.17, 15) is 25.2 Å². The lowest BCUT2D eigenvalue weighted by molar-refractivity contribution is -0.211. The maximum atomic E-state index is 12.8. The molecule has 158 valence electrons. The van der Waals surface area contributed by atoms with Crippen molar-refractivity contribution in [1.82, 2.24) is 10.2 Å². The molecular formula is C18H34N2O6S. The van der Waals surface area contributed by atoms with Crippen molar-refractivity contribution in [3.63, 3.8) is 0 Å². The van der Waals surface area contributed by atoms with Crippen LogP contribution in [0.15, 0.2) is 0 Å². The van der Waals surface area contributed by atoms with Crippen molar-refractivity contribution in [3.8, 4) is 0 Å². The van der Waals surface area contributed by atoms with Gasteiger partial charge in [0.2, 0.25) is 5.91 Å². The van der Waals surface area contributed by atoms with Gasteiger partial charge in [-0.1, -0.05) is 13.3 Å². The van der Waals surface area contributed by atoms with Gasteiger partial charge in [0.25, 0.3) is 0 Å². The van der Waals surface area contributed by atoms with Crippen molar-refractivity contribution in [2.45, 2.75) is 81.1 Å². The third kappa shape index (κ3) is 5.14. The van der Waals surface area contributed by atoms with E-state index in [1.54, 1.807) is 6.26 Å². The summed E-state index contributed by atoms with van der Waals surface area (Å²) in [4.78, 5) is 14.9. The van der Waals surface area contributed by atoms with Crippen LogP contribution >= 0.6 is 11.8 Å². The molecule has 1 amide bonds. The van der Waals surface area contributed by atoms with Gasteiger partial charge in [-0.05, 0) is 39.0 Å². The molecule has 9 heteroatoms. The number of amides is 1. The topological polar surface area (TPSA) is 122 Å². The average Bonchev–Trinajstić information content (AvgIpc) is 2.99. The number of rotatable bonds is 7. The standard InChI is InChI=1S/C18H34N2O6S/c1-5-6-10-7-11(20(3)8-10)17(25)19-12(9(2)21)16-14(23)13(22)15(24)18(26-16)27-4/h9-16,18,21-24H,5-8H2,1-4H3,(H,19,25)/t9-,10+,11+,12+,13+,14+,15+,16+,18+/m1/s1. The average molecular weight is 407 g/mol. The summed E-state index contributed by atoms with van der Waals surface area (Å²) in [5, 5.41) is 43.5. The number of aliphatic hydroxyl groups is 4. The van der Waals surface area contributed by atoms with E-state index < -0.39 is 42.0 Å². The molecule has 0 spiro atoms. The normalized spacial score (nSPS) is 39.9. The highest BCUT2D eigenvalue weighted by Gasteiger charge is 2.48. The van der Waals surface area contributed by atoms with Crippen LogP contribution in [0.1, 0.15) is 33.1 Å². The number of carbonyl (C=O) groups excluding carboxylic acids is 1. The van der Waals surface area contributed by atoms with Gasteiger partial charge in [-0.15, -0.1) is 11.8 Å². The third-order valence-corrected chi connectivity index (χ3v) is 6.51. The SMILES string of the molecule is CCC[C@H]1C[C@@H](C(=O)N[C@H]([C@@H]2O[C@@H](SC)[C@@H](O)[C@@H](O)[C@@H]2O)[C@@H](C)O)N(C)C1. The molecule has 9 atom stereocenters. The van der Waals surface area contributed by atoms with Crippen molar-refractivity contribution in [2.24, 2.45) is 5.92 Å². The summed E-state index contributed by atoms with van der Waals surface area (Å²) < 4.78 is 5.72. The minimum Gasteiger partial charge on any atom is -0.391 e. The summed E-state index contributed by atoms with van der Waals surface area (Å²) in [5.74, 6) is 0.245. The van der Waals surface area contributed by atoms with Gasteiger partial charge in [-0.3, -0.25) is 9.69 Å². The molecule has 2 heterocycles. The van der Waals surface area contributed by atoms with E-state index in [2.05, 4.69) is 12.2 Å². The summed E-state index contributed by atoms with van der Waals surface area (Å²) in [6.45, 7) is 4.48. The maximum absolute atomic E-state index is 12.8. The molecule has 0 aromatic rings. The quantitative estimate of drug-likeness (QED) is 0.370. The first-order valence-corrected chi connectivity index (χ1v) is 10.9. The number of hydrogen-bond acceptors (Lipinski definition) is 8. The first kappa shape index (κ1) is 22.9. The molecule has 2 aliphatic heterocycles. The van der Waals surface area contributed by atoms with E-state index in [1.807, 2.05) is 11.9 Å². The number of hydrogen-bond donors (Lipinski definition) is 5. The van der Waals surface area contributed by atoms with Crippen molar-refractivity contribution in [3.05, 3.63) is 0 Å². The van der Waals surface area contributed by atoms with Gasteiger partial charge in [-0.25, -0.2) is 0 Å². The van der Waals surface area contributed by atoms with Crippen molar-refractivity contribution < 1.29 is 30.0 Å². The van der Waals surface area contributed by atoms with E-state index in [0.717, 1.165) is 25.8 Å². The van der Waals surface area contributed by atoms with Crippen molar-refractivity contribution >= 4 is 17.7 Å². The van der Waals surface area contributed by atoms with Gasteiger partial charge >= 0.3 is 0 Å². The molecule has 0 aromatic carbocycles.